The van der Waals surface area contributed by atoms with Crippen molar-refractivity contribution in [3.63, 3.8) is 0 Å². The van der Waals surface area contributed by atoms with E-state index in [2.05, 4.69) is 10.1 Å². The molecule has 0 saturated heterocycles. The molecule has 0 saturated carbocycles. The molecule has 1 heterocycles. The van der Waals surface area contributed by atoms with Gasteiger partial charge in [-0.3, -0.25) is 4.79 Å². The van der Waals surface area contributed by atoms with Gasteiger partial charge in [0.1, 0.15) is 0 Å². The molecular weight excluding hydrogens is 254 g/mol. The van der Waals surface area contributed by atoms with Gasteiger partial charge in [0.05, 0.1) is 6.42 Å². The van der Waals surface area contributed by atoms with Crippen LogP contribution in [-0.4, -0.2) is 22.3 Å². The average Bonchev–Trinajstić information content (AvgIpc) is 2.79. The normalized spacial score (nSPS) is 10.9. The monoisotopic (exact) mass is 266 g/mol. The van der Waals surface area contributed by atoms with Crippen LogP contribution in [0.1, 0.15) is 22.8 Å². The highest BCUT2D eigenvalue weighted by atomic mass is 19.3. The van der Waals surface area contributed by atoms with Crippen molar-refractivity contribution in [2.75, 3.05) is 0 Å². The predicted molar refractivity (Wildman–Crippen MR) is 63.0 cm³/mol. The Balaban J connectivity index is 2.06. The zero-order chi connectivity index (χ0) is 13.8. The number of aromatic nitrogens is 2. The lowest BCUT2D eigenvalue weighted by molar-refractivity contribution is -0.129. The quantitative estimate of drug-likeness (QED) is 0.833. The molecule has 1 aromatic heterocycles. The van der Waals surface area contributed by atoms with E-state index in [1.165, 1.54) is 0 Å². The van der Waals surface area contributed by atoms with Gasteiger partial charge in [0.15, 0.2) is 5.82 Å². The summed E-state index contributed by atoms with van der Waals surface area (Å²) in [5, 5.41) is 3.68. The van der Waals surface area contributed by atoms with Crippen LogP contribution in [0.15, 0.2) is 28.8 Å². The third kappa shape index (κ3) is 3.43. The van der Waals surface area contributed by atoms with Crippen molar-refractivity contribution < 1.29 is 18.1 Å². The number of hydrogen-bond acceptors (Lipinski definition) is 4. The van der Waals surface area contributed by atoms with Gasteiger partial charge in [-0.25, -0.2) is 8.78 Å². The SMILES string of the molecule is Cc1ccccc1Cc1noc(CC(=O)C(F)F)n1. The molecule has 0 radical (unpaired) electrons. The summed E-state index contributed by atoms with van der Waals surface area (Å²) in [6.07, 6.45) is -3.09. The molecular formula is C13H12F2N2O2. The van der Waals surface area contributed by atoms with Crippen LogP contribution in [-0.2, 0) is 17.6 Å². The van der Waals surface area contributed by atoms with Crippen molar-refractivity contribution in [1.82, 2.24) is 10.1 Å². The summed E-state index contributed by atoms with van der Waals surface area (Å²) >= 11 is 0. The summed E-state index contributed by atoms with van der Waals surface area (Å²) in [4.78, 5) is 14.8. The topological polar surface area (TPSA) is 56.0 Å². The number of carbonyl (C=O) groups excluding carboxylic acids is 1. The zero-order valence-corrected chi connectivity index (χ0v) is 10.3. The Bertz CT molecular complexity index is 582. The maximum absolute atomic E-state index is 12.1. The standard InChI is InChI=1S/C13H12F2N2O2/c1-8-4-2-3-5-9(8)6-11-16-12(19-17-11)7-10(18)13(14)15/h2-5,13H,6-7H2,1H3. The number of nitrogens with zero attached hydrogens (tertiary/aromatic N) is 2. The molecule has 0 bridgehead atoms. The van der Waals surface area contributed by atoms with Gasteiger partial charge in [-0.05, 0) is 18.1 Å². The van der Waals surface area contributed by atoms with Crippen LogP contribution in [0, 0.1) is 6.92 Å². The highest BCUT2D eigenvalue weighted by molar-refractivity contribution is 5.82. The largest absolute Gasteiger partial charge is 0.339 e. The smallest absolute Gasteiger partial charge is 0.296 e. The number of ketones is 1. The van der Waals surface area contributed by atoms with Crippen LogP contribution < -0.4 is 0 Å². The molecule has 1 aromatic carbocycles. The fourth-order valence-corrected chi connectivity index (χ4v) is 1.64. The maximum Gasteiger partial charge on any atom is 0.296 e. The summed E-state index contributed by atoms with van der Waals surface area (Å²) < 4.78 is 28.9. The molecule has 6 heteroatoms. The second-order valence-electron chi connectivity index (χ2n) is 4.15. The Hall–Kier alpha value is -2.11. The number of halogens is 2. The van der Waals surface area contributed by atoms with Gasteiger partial charge in [-0.2, -0.15) is 4.98 Å². The van der Waals surface area contributed by atoms with Crippen LogP contribution in [0.3, 0.4) is 0 Å². The van der Waals surface area contributed by atoms with Crippen LogP contribution in [0.2, 0.25) is 0 Å². The molecule has 2 aromatic rings. The van der Waals surface area contributed by atoms with Crippen molar-refractivity contribution in [1.29, 1.82) is 0 Å². The molecule has 0 fully saturated rings. The Morgan fingerprint density at radius 3 is 2.79 bits per heavy atom. The fraction of sp³-hybridized carbons (Fsp3) is 0.308. The second kappa shape index (κ2) is 5.69. The molecule has 0 aliphatic rings. The second-order valence-corrected chi connectivity index (χ2v) is 4.15. The van der Waals surface area contributed by atoms with Gasteiger partial charge in [-0.1, -0.05) is 29.4 Å². The van der Waals surface area contributed by atoms with E-state index in [0.29, 0.717) is 12.2 Å². The van der Waals surface area contributed by atoms with Crippen molar-refractivity contribution >= 4 is 5.78 Å². The first kappa shape index (κ1) is 13.3. The van der Waals surface area contributed by atoms with E-state index in [0.717, 1.165) is 11.1 Å². The fourth-order valence-electron chi connectivity index (χ4n) is 1.64. The van der Waals surface area contributed by atoms with Crippen LogP contribution in [0.5, 0.6) is 0 Å². The predicted octanol–water partition coefficient (Wildman–Crippen LogP) is 2.35. The van der Waals surface area contributed by atoms with E-state index in [1.54, 1.807) is 0 Å². The number of rotatable bonds is 5. The van der Waals surface area contributed by atoms with Gasteiger partial charge >= 0.3 is 0 Å². The molecule has 0 aliphatic carbocycles. The number of hydrogen-bond donors (Lipinski definition) is 0. The van der Waals surface area contributed by atoms with E-state index in [1.807, 2.05) is 31.2 Å². The Kier molecular flexibility index (Phi) is 3.99. The van der Waals surface area contributed by atoms with E-state index in [4.69, 9.17) is 4.52 Å². The summed E-state index contributed by atoms with van der Waals surface area (Å²) in [7, 11) is 0. The first-order valence-corrected chi connectivity index (χ1v) is 5.73. The van der Waals surface area contributed by atoms with Gasteiger partial charge in [-0.15, -0.1) is 0 Å². The number of aryl methyl sites for hydroxylation is 1. The minimum absolute atomic E-state index is 0.0751. The Morgan fingerprint density at radius 1 is 1.37 bits per heavy atom. The third-order valence-electron chi connectivity index (χ3n) is 2.69. The first-order chi connectivity index (χ1) is 9.06. The minimum atomic E-state index is -3.01. The highest BCUT2D eigenvalue weighted by Crippen LogP contribution is 2.12. The summed E-state index contributed by atoms with van der Waals surface area (Å²) in [6, 6.07) is 7.69. The summed E-state index contributed by atoms with van der Waals surface area (Å²) in [5.74, 6) is -0.911. The van der Waals surface area contributed by atoms with Crippen molar-refractivity contribution in [3.05, 3.63) is 47.1 Å². The van der Waals surface area contributed by atoms with Crippen LogP contribution in [0.25, 0.3) is 0 Å². The molecule has 0 atom stereocenters. The molecule has 2 rings (SSSR count). The average molecular weight is 266 g/mol. The minimum Gasteiger partial charge on any atom is -0.339 e. The van der Waals surface area contributed by atoms with E-state index in [-0.39, 0.29) is 5.89 Å². The van der Waals surface area contributed by atoms with Gasteiger partial charge in [0, 0.05) is 6.42 Å². The molecule has 0 amide bonds. The number of Topliss-reactive ketones (excluding diaryl/α,β-unsaturated/α-hetero) is 1. The number of alkyl halides is 2. The Morgan fingerprint density at radius 2 is 2.11 bits per heavy atom. The highest BCUT2D eigenvalue weighted by Gasteiger charge is 2.19. The maximum atomic E-state index is 12.1. The molecule has 19 heavy (non-hydrogen) atoms. The van der Waals surface area contributed by atoms with Gasteiger partial charge < -0.3 is 4.52 Å². The Labute approximate surface area is 108 Å². The molecule has 0 unspecified atom stereocenters. The summed E-state index contributed by atoms with van der Waals surface area (Å²) in [5.41, 5.74) is 2.10. The summed E-state index contributed by atoms with van der Waals surface area (Å²) in [6.45, 7) is 1.96. The molecule has 0 spiro atoms. The van der Waals surface area contributed by atoms with Crippen LogP contribution >= 0.6 is 0 Å². The van der Waals surface area contributed by atoms with Crippen LogP contribution in [0.4, 0.5) is 8.78 Å². The van der Waals surface area contributed by atoms with Gasteiger partial charge in [0.2, 0.25) is 11.7 Å². The number of carbonyl (C=O) groups is 1. The molecule has 4 nitrogen and oxygen atoms in total. The van der Waals surface area contributed by atoms with E-state index in [9.17, 15) is 13.6 Å². The van der Waals surface area contributed by atoms with Crippen molar-refractivity contribution in [3.8, 4) is 0 Å². The number of benzene rings is 1. The molecule has 0 N–H and O–H groups in total. The molecule has 0 aliphatic heterocycles. The van der Waals surface area contributed by atoms with Crippen molar-refractivity contribution in [2.45, 2.75) is 26.2 Å². The lowest BCUT2D eigenvalue weighted by Crippen LogP contribution is -2.13. The van der Waals surface area contributed by atoms with Gasteiger partial charge in [0.25, 0.3) is 6.43 Å². The first-order valence-electron chi connectivity index (χ1n) is 5.73. The zero-order valence-electron chi connectivity index (χ0n) is 10.3. The lowest BCUT2D eigenvalue weighted by atomic mass is 10.1. The van der Waals surface area contributed by atoms with Crippen molar-refractivity contribution in [2.24, 2.45) is 0 Å². The van der Waals surface area contributed by atoms with E-state index >= 15 is 0 Å². The third-order valence-corrected chi connectivity index (χ3v) is 2.69. The van der Waals surface area contributed by atoms with E-state index < -0.39 is 18.6 Å². The lowest BCUT2D eigenvalue weighted by Gasteiger charge is -2.00. The molecule has 100 valence electrons.